The van der Waals surface area contributed by atoms with E-state index in [4.69, 9.17) is 5.73 Å². The molecular weight excluding hydrogens is 402 g/mol. The summed E-state index contributed by atoms with van der Waals surface area (Å²) in [6.45, 7) is 1.76. The molecule has 4 aromatic rings. The van der Waals surface area contributed by atoms with Crippen molar-refractivity contribution >= 4 is 17.2 Å². The van der Waals surface area contributed by atoms with Crippen LogP contribution in [-0.4, -0.2) is 14.4 Å². The monoisotopic (exact) mass is 418 g/mol. The van der Waals surface area contributed by atoms with Crippen molar-refractivity contribution in [2.24, 2.45) is 0 Å². The van der Waals surface area contributed by atoms with Crippen LogP contribution in [-0.2, 0) is 0 Å². The maximum atomic E-state index is 14.0. The summed E-state index contributed by atoms with van der Waals surface area (Å²) in [6, 6.07) is 11.4. The number of nitriles is 1. The van der Waals surface area contributed by atoms with Crippen molar-refractivity contribution in [3.63, 3.8) is 0 Å². The van der Waals surface area contributed by atoms with Crippen molar-refractivity contribution < 1.29 is 8.78 Å². The molecule has 4 rings (SSSR count). The van der Waals surface area contributed by atoms with Crippen LogP contribution >= 0.6 is 0 Å². The van der Waals surface area contributed by atoms with E-state index in [1.807, 2.05) is 6.07 Å². The van der Waals surface area contributed by atoms with Gasteiger partial charge in [0, 0.05) is 17.8 Å². The maximum absolute atomic E-state index is 14.0. The third kappa shape index (κ3) is 3.67. The Labute approximate surface area is 175 Å². The molecule has 0 radical (unpaired) electrons. The SMILES string of the molecule is C[C@H](Nc1ncnc(N)c1C#N)c1cc(=O)n2cc(F)ccc2c1-c1cccc(F)c1. The second-order valence-corrected chi connectivity index (χ2v) is 6.89. The van der Waals surface area contributed by atoms with Crippen LogP contribution in [0.5, 0.6) is 0 Å². The van der Waals surface area contributed by atoms with E-state index in [0.717, 1.165) is 6.20 Å². The zero-order valence-electron chi connectivity index (χ0n) is 16.3. The van der Waals surface area contributed by atoms with Crippen molar-refractivity contribution in [1.29, 1.82) is 5.26 Å². The van der Waals surface area contributed by atoms with Gasteiger partial charge in [0.1, 0.15) is 41.2 Å². The summed E-state index contributed by atoms with van der Waals surface area (Å²) in [5.74, 6) is -0.807. The Hall–Kier alpha value is -4.32. The minimum absolute atomic E-state index is 0.0200. The van der Waals surface area contributed by atoms with Gasteiger partial charge in [-0.05, 0) is 42.3 Å². The predicted molar refractivity (Wildman–Crippen MR) is 112 cm³/mol. The number of hydrogen-bond acceptors (Lipinski definition) is 6. The van der Waals surface area contributed by atoms with Gasteiger partial charge in [0.05, 0.1) is 11.6 Å². The van der Waals surface area contributed by atoms with E-state index in [0.29, 0.717) is 22.2 Å². The second-order valence-electron chi connectivity index (χ2n) is 6.89. The van der Waals surface area contributed by atoms with Crippen LogP contribution in [0, 0.1) is 23.0 Å². The molecule has 3 heterocycles. The number of anilines is 2. The molecule has 0 aliphatic heterocycles. The molecule has 0 amide bonds. The van der Waals surface area contributed by atoms with E-state index in [9.17, 15) is 18.8 Å². The van der Waals surface area contributed by atoms with Gasteiger partial charge < -0.3 is 11.1 Å². The van der Waals surface area contributed by atoms with Crippen molar-refractivity contribution in [3.05, 3.63) is 88.1 Å². The molecule has 1 aromatic carbocycles. The number of fused-ring (bicyclic) bond motifs is 1. The lowest BCUT2D eigenvalue weighted by atomic mass is 9.94. The van der Waals surface area contributed by atoms with Gasteiger partial charge in [0.15, 0.2) is 0 Å². The lowest BCUT2D eigenvalue weighted by Gasteiger charge is -2.21. The summed E-state index contributed by atoms with van der Waals surface area (Å²) in [4.78, 5) is 20.6. The topological polar surface area (TPSA) is 109 Å². The van der Waals surface area contributed by atoms with E-state index in [1.165, 1.54) is 41.1 Å². The molecule has 0 spiro atoms. The fraction of sp³-hybridized carbons (Fsp3) is 0.0909. The fourth-order valence-electron chi connectivity index (χ4n) is 3.49. The first-order valence-electron chi connectivity index (χ1n) is 9.27. The molecular formula is C22H16F2N6O. The zero-order chi connectivity index (χ0) is 22.1. The average molecular weight is 418 g/mol. The molecule has 3 N–H and O–H groups in total. The number of hydrogen-bond donors (Lipinski definition) is 2. The number of benzene rings is 1. The highest BCUT2D eigenvalue weighted by Gasteiger charge is 2.20. The highest BCUT2D eigenvalue weighted by molar-refractivity contribution is 5.84. The van der Waals surface area contributed by atoms with Gasteiger partial charge >= 0.3 is 0 Å². The molecule has 3 aromatic heterocycles. The number of halogens is 2. The van der Waals surface area contributed by atoms with Gasteiger partial charge in [-0.25, -0.2) is 18.7 Å². The van der Waals surface area contributed by atoms with Crippen LogP contribution < -0.4 is 16.6 Å². The molecule has 9 heteroatoms. The Kier molecular flexibility index (Phi) is 5.05. The fourth-order valence-corrected chi connectivity index (χ4v) is 3.49. The van der Waals surface area contributed by atoms with Crippen molar-refractivity contribution in [3.8, 4) is 17.2 Å². The summed E-state index contributed by atoms with van der Waals surface area (Å²) in [6.07, 6.45) is 2.30. The van der Waals surface area contributed by atoms with Crippen molar-refractivity contribution in [1.82, 2.24) is 14.4 Å². The molecule has 0 saturated heterocycles. The van der Waals surface area contributed by atoms with Gasteiger partial charge in [-0.2, -0.15) is 5.26 Å². The van der Waals surface area contributed by atoms with E-state index < -0.39 is 23.2 Å². The van der Waals surface area contributed by atoms with Gasteiger partial charge in [0.2, 0.25) is 0 Å². The van der Waals surface area contributed by atoms with Crippen LogP contribution in [0.1, 0.15) is 24.1 Å². The summed E-state index contributed by atoms with van der Waals surface area (Å²) in [5, 5.41) is 12.5. The van der Waals surface area contributed by atoms with Gasteiger partial charge in [-0.3, -0.25) is 9.20 Å². The Morgan fingerprint density at radius 3 is 2.71 bits per heavy atom. The number of nitrogens with zero attached hydrogens (tertiary/aromatic N) is 4. The maximum Gasteiger partial charge on any atom is 0.255 e. The lowest BCUT2D eigenvalue weighted by Crippen LogP contribution is -2.19. The van der Waals surface area contributed by atoms with Crippen LogP contribution in [0.4, 0.5) is 20.4 Å². The van der Waals surface area contributed by atoms with E-state index in [2.05, 4.69) is 15.3 Å². The Balaban J connectivity index is 1.95. The van der Waals surface area contributed by atoms with E-state index >= 15 is 0 Å². The minimum atomic E-state index is -0.575. The van der Waals surface area contributed by atoms with Gasteiger partial charge in [-0.1, -0.05) is 12.1 Å². The highest BCUT2D eigenvalue weighted by atomic mass is 19.1. The molecule has 0 fully saturated rings. The zero-order valence-corrected chi connectivity index (χ0v) is 16.3. The largest absolute Gasteiger partial charge is 0.382 e. The summed E-state index contributed by atoms with van der Waals surface area (Å²) >= 11 is 0. The van der Waals surface area contributed by atoms with Crippen LogP contribution in [0.15, 0.2) is 59.8 Å². The number of nitrogens with two attached hydrogens (primary N) is 1. The molecule has 0 unspecified atom stereocenters. The molecule has 1 atom stereocenters. The van der Waals surface area contributed by atoms with E-state index in [-0.39, 0.29) is 17.2 Å². The Bertz CT molecular complexity index is 1410. The lowest BCUT2D eigenvalue weighted by molar-refractivity contribution is 0.618. The Morgan fingerprint density at radius 1 is 1.16 bits per heavy atom. The van der Waals surface area contributed by atoms with Gasteiger partial charge in [0.25, 0.3) is 5.56 Å². The molecule has 0 aliphatic carbocycles. The van der Waals surface area contributed by atoms with Crippen molar-refractivity contribution in [2.75, 3.05) is 11.1 Å². The standard InChI is InChI=1S/C22H16F2N6O/c1-12(29-22-17(9-25)21(26)27-11-28-22)16-8-19(31)30-10-15(24)5-6-18(30)20(16)13-3-2-4-14(23)7-13/h2-8,10-12H,1H3,(H3,26,27,28,29)/t12-/m0/s1. The summed E-state index contributed by atoms with van der Waals surface area (Å²) < 4.78 is 29.0. The average Bonchev–Trinajstić information content (AvgIpc) is 2.74. The molecule has 7 nitrogen and oxygen atoms in total. The summed E-state index contributed by atoms with van der Waals surface area (Å²) in [5.41, 5.74) is 7.34. The third-order valence-corrected chi connectivity index (χ3v) is 4.90. The number of nitrogens with one attached hydrogen (secondary N) is 1. The second kappa shape index (κ2) is 7.84. The first kappa shape index (κ1) is 20.0. The van der Waals surface area contributed by atoms with Gasteiger partial charge in [-0.15, -0.1) is 0 Å². The molecule has 0 saturated carbocycles. The van der Waals surface area contributed by atoms with Crippen LogP contribution in [0.25, 0.3) is 16.6 Å². The number of aromatic nitrogens is 3. The molecule has 31 heavy (non-hydrogen) atoms. The van der Waals surface area contributed by atoms with Crippen molar-refractivity contribution in [2.45, 2.75) is 13.0 Å². The predicted octanol–water partition coefficient (Wildman–Crippen LogP) is 3.66. The number of rotatable bonds is 4. The number of pyridine rings is 2. The van der Waals surface area contributed by atoms with Crippen LogP contribution in [0.3, 0.4) is 0 Å². The van der Waals surface area contributed by atoms with Crippen LogP contribution in [0.2, 0.25) is 0 Å². The van der Waals surface area contributed by atoms with E-state index in [1.54, 1.807) is 19.1 Å². The first-order valence-corrected chi connectivity index (χ1v) is 9.27. The highest BCUT2D eigenvalue weighted by Crippen LogP contribution is 2.33. The molecule has 154 valence electrons. The first-order chi connectivity index (χ1) is 14.9. The third-order valence-electron chi connectivity index (χ3n) is 4.90. The normalized spacial score (nSPS) is 11.8. The summed E-state index contributed by atoms with van der Waals surface area (Å²) in [7, 11) is 0. The minimum Gasteiger partial charge on any atom is -0.382 e. The smallest absolute Gasteiger partial charge is 0.255 e. The Morgan fingerprint density at radius 2 is 1.97 bits per heavy atom. The molecule has 0 bridgehead atoms. The number of nitrogen functional groups attached to an aromatic ring is 1. The quantitative estimate of drug-likeness (QED) is 0.524. The molecule has 0 aliphatic rings.